The number of hydrogen-bond acceptors (Lipinski definition) is 5. The van der Waals surface area contributed by atoms with E-state index in [1.165, 1.54) is 11.0 Å². The Balaban J connectivity index is 0.00000144. The Bertz CT molecular complexity index is 698. The fourth-order valence-electron chi connectivity index (χ4n) is 3.02. The number of fused-ring (bicyclic) bond motifs is 2. The predicted octanol–water partition coefficient (Wildman–Crippen LogP) is -3.95. The van der Waals surface area contributed by atoms with E-state index in [4.69, 9.17) is 4.74 Å². The van der Waals surface area contributed by atoms with Crippen LogP contribution in [0.1, 0.15) is 17.8 Å². The Morgan fingerprint density at radius 3 is 3.05 bits per heavy atom. The van der Waals surface area contributed by atoms with E-state index >= 15 is 0 Å². The predicted molar refractivity (Wildman–Crippen MR) is 68.2 cm³/mol. The number of rotatable bonds is 2. The topological polar surface area (TPSA) is 87.5 Å². The molecule has 1 amide bonds. The molecule has 3 aliphatic rings. The van der Waals surface area contributed by atoms with Crippen molar-refractivity contribution < 1.29 is 49.0 Å². The Morgan fingerprint density at radius 2 is 2.32 bits per heavy atom. The number of amides is 1. The summed E-state index contributed by atoms with van der Waals surface area (Å²) in [6, 6.07) is 1.74. The van der Waals surface area contributed by atoms with Crippen molar-refractivity contribution in [2.75, 3.05) is 6.61 Å². The van der Waals surface area contributed by atoms with Gasteiger partial charge in [-0.2, -0.15) is 5.10 Å². The van der Waals surface area contributed by atoms with Crippen molar-refractivity contribution in [2.24, 2.45) is 0 Å². The maximum atomic E-state index is 12.1. The van der Waals surface area contributed by atoms with E-state index in [0.29, 0.717) is 31.0 Å². The summed E-state index contributed by atoms with van der Waals surface area (Å²) in [5.74, 6) is -1.59. The van der Waals surface area contributed by atoms with E-state index in [9.17, 15) is 14.7 Å². The molecule has 1 fully saturated rings. The second kappa shape index (κ2) is 5.66. The average Bonchev–Trinajstić information content (AvgIpc) is 3.05. The number of carbonyl (C=O) groups is 2. The van der Waals surface area contributed by atoms with Crippen molar-refractivity contribution in [1.29, 1.82) is 0 Å². The van der Waals surface area contributed by atoms with Gasteiger partial charge in [0.25, 0.3) is 5.91 Å². The molecule has 22 heavy (non-hydrogen) atoms. The van der Waals surface area contributed by atoms with Gasteiger partial charge in [0.15, 0.2) is 0 Å². The first-order valence-corrected chi connectivity index (χ1v) is 6.76. The van der Waals surface area contributed by atoms with Crippen LogP contribution in [0.3, 0.4) is 0 Å². The molecule has 0 bridgehead atoms. The molecule has 108 valence electrons. The Hall–Kier alpha value is -1.41. The number of hydrogen-bond donors (Lipinski definition) is 0. The number of β-lactam (4-membered cyclic amide) rings is 1. The zero-order valence-corrected chi connectivity index (χ0v) is 14.1. The van der Waals surface area contributed by atoms with Crippen molar-refractivity contribution in [3.8, 4) is 0 Å². The van der Waals surface area contributed by atoms with Crippen LogP contribution in [-0.4, -0.2) is 39.2 Å². The largest absolute Gasteiger partial charge is 1.00 e. The van der Waals surface area contributed by atoms with E-state index < -0.39 is 5.97 Å². The van der Waals surface area contributed by atoms with Gasteiger partial charge in [0.2, 0.25) is 0 Å². The molecular weight excluding hydrogens is 297 g/mol. The molecule has 0 aromatic carbocycles. The first-order valence-electron chi connectivity index (χ1n) is 6.76. The van der Waals surface area contributed by atoms with Crippen LogP contribution in [-0.2, 0) is 27.5 Å². The molecule has 0 saturated carbocycles. The van der Waals surface area contributed by atoms with E-state index in [2.05, 4.69) is 5.10 Å². The van der Waals surface area contributed by atoms with Gasteiger partial charge in [-0.15, -0.1) is 0 Å². The smallest absolute Gasteiger partial charge is 0.543 e. The number of carboxylic acids is 1. The molecule has 0 radical (unpaired) electrons. The molecule has 4 heterocycles. The number of carbonyl (C=O) groups excluding carboxylic acids is 2. The Labute approximate surface area is 148 Å². The van der Waals surface area contributed by atoms with Crippen LogP contribution in [0.5, 0.6) is 0 Å². The molecule has 1 unspecified atom stereocenters. The molecule has 7 nitrogen and oxygen atoms in total. The minimum Gasteiger partial charge on any atom is -0.543 e. The molecule has 1 aromatic heterocycles. The maximum absolute atomic E-state index is 12.1. The fourth-order valence-corrected chi connectivity index (χ4v) is 3.02. The van der Waals surface area contributed by atoms with Gasteiger partial charge in [0.1, 0.15) is 6.73 Å². The molecule has 1 saturated heterocycles. The van der Waals surface area contributed by atoms with Crippen molar-refractivity contribution in [3.63, 3.8) is 0 Å². The summed E-state index contributed by atoms with van der Waals surface area (Å²) in [4.78, 5) is 24.3. The van der Waals surface area contributed by atoms with Crippen molar-refractivity contribution >= 4 is 18.0 Å². The van der Waals surface area contributed by atoms with Crippen LogP contribution in [0, 0.1) is 0 Å². The SMILES string of the molecule is O=C([O-])C1=CCC2/C(=C\c3cc4n(n3)COCC4)C(=O)N12.[Na+]. The summed E-state index contributed by atoms with van der Waals surface area (Å²) in [5.41, 5.74) is 2.36. The van der Waals surface area contributed by atoms with Crippen molar-refractivity contribution in [1.82, 2.24) is 14.7 Å². The van der Waals surface area contributed by atoms with Crippen LogP contribution >= 0.6 is 0 Å². The molecule has 8 heteroatoms. The average molecular weight is 309 g/mol. The number of aromatic nitrogens is 2. The van der Waals surface area contributed by atoms with E-state index in [1.54, 1.807) is 10.8 Å². The third-order valence-corrected chi connectivity index (χ3v) is 4.04. The maximum Gasteiger partial charge on any atom is 1.00 e. The molecule has 0 N–H and O–H groups in total. The van der Waals surface area contributed by atoms with Crippen LogP contribution in [0.15, 0.2) is 23.4 Å². The molecule has 1 atom stereocenters. The number of aliphatic carboxylic acids is 1. The summed E-state index contributed by atoms with van der Waals surface area (Å²) in [6.45, 7) is 1.11. The Morgan fingerprint density at radius 1 is 1.50 bits per heavy atom. The standard InChI is InChI=1S/C14H13N3O4.Na/c18-13-10(11-1-2-12(14(19)20)17(11)13)6-8-5-9-3-4-21-7-16(9)15-8;/h2,5-6,11H,1,3-4,7H2,(H,19,20);/q;+1/p-1/b10-6+;. The number of ether oxygens (including phenoxy) is 1. The molecule has 4 rings (SSSR count). The fraction of sp³-hybridized carbons (Fsp3) is 0.357. The van der Waals surface area contributed by atoms with E-state index in [0.717, 1.165) is 12.1 Å². The van der Waals surface area contributed by atoms with Gasteiger partial charge in [0.05, 0.1) is 30.0 Å². The zero-order chi connectivity index (χ0) is 14.6. The van der Waals surface area contributed by atoms with Gasteiger partial charge in [0, 0.05) is 17.7 Å². The molecule has 1 aromatic rings. The van der Waals surface area contributed by atoms with Crippen LogP contribution < -0.4 is 34.7 Å². The van der Waals surface area contributed by atoms with Crippen LogP contribution in [0.2, 0.25) is 0 Å². The van der Waals surface area contributed by atoms with Gasteiger partial charge in [-0.05, 0) is 18.6 Å². The van der Waals surface area contributed by atoms with Gasteiger partial charge in [-0.3, -0.25) is 9.69 Å². The third-order valence-electron chi connectivity index (χ3n) is 4.04. The third kappa shape index (κ3) is 2.25. The van der Waals surface area contributed by atoms with E-state index in [-0.39, 0.29) is 47.2 Å². The molecule has 0 spiro atoms. The van der Waals surface area contributed by atoms with Gasteiger partial charge >= 0.3 is 29.6 Å². The minimum absolute atomic E-state index is 0. The van der Waals surface area contributed by atoms with Crippen molar-refractivity contribution in [2.45, 2.75) is 25.6 Å². The second-order valence-electron chi connectivity index (χ2n) is 5.25. The van der Waals surface area contributed by atoms with Crippen LogP contribution in [0.25, 0.3) is 6.08 Å². The van der Waals surface area contributed by atoms with Gasteiger partial charge in [-0.25, -0.2) is 4.68 Å². The normalized spacial score (nSPS) is 24.3. The molecule has 0 aliphatic carbocycles. The first-order chi connectivity index (χ1) is 10.1. The Kier molecular flexibility index (Phi) is 3.98. The van der Waals surface area contributed by atoms with Gasteiger partial charge in [-0.1, -0.05) is 6.08 Å². The van der Waals surface area contributed by atoms with Gasteiger partial charge < -0.3 is 14.6 Å². The zero-order valence-electron chi connectivity index (χ0n) is 12.1. The van der Waals surface area contributed by atoms with Crippen molar-refractivity contribution in [3.05, 3.63) is 34.8 Å². The molecule has 3 aliphatic heterocycles. The summed E-state index contributed by atoms with van der Waals surface area (Å²) in [5, 5.41) is 15.3. The summed E-state index contributed by atoms with van der Waals surface area (Å²) in [6.07, 6.45) is 4.58. The second-order valence-corrected chi connectivity index (χ2v) is 5.25. The van der Waals surface area contributed by atoms with E-state index in [1.807, 2.05) is 6.07 Å². The summed E-state index contributed by atoms with van der Waals surface area (Å²) < 4.78 is 7.08. The minimum atomic E-state index is -1.31. The quantitative estimate of drug-likeness (QED) is 0.316. The first kappa shape index (κ1) is 15.5. The van der Waals surface area contributed by atoms with Crippen LogP contribution in [0.4, 0.5) is 0 Å². The number of nitrogens with zero attached hydrogens (tertiary/aromatic N) is 3. The number of carboxylic acid groups (broad SMARTS) is 1. The molecular formula is C14H12N3NaO4. The summed E-state index contributed by atoms with van der Waals surface area (Å²) >= 11 is 0. The summed E-state index contributed by atoms with van der Waals surface area (Å²) in [7, 11) is 0. The monoisotopic (exact) mass is 309 g/mol.